The van der Waals surface area contributed by atoms with E-state index >= 15 is 0 Å². The summed E-state index contributed by atoms with van der Waals surface area (Å²) >= 11 is 6.11. The molecule has 0 bridgehead atoms. The Kier molecular flexibility index (Phi) is 4.54. The number of hydrogen-bond acceptors (Lipinski definition) is 4. The van der Waals surface area contributed by atoms with Crippen LogP contribution in [0.1, 0.15) is 15.9 Å². The SMILES string of the molecule is O=C(Nc1ccc2cn[nH]c2c1)c1c[nH]c(=O)n(Cc2ccccc2Cl)c1=O. The van der Waals surface area contributed by atoms with Gasteiger partial charge in [0.25, 0.3) is 11.5 Å². The van der Waals surface area contributed by atoms with Gasteiger partial charge in [-0.1, -0.05) is 29.8 Å². The predicted octanol–water partition coefficient (Wildman–Crippen LogP) is 2.37. The van der Waals surface area contributed by atoms with E-state index in [2.05, 4.69) is 20.5 Å². The summed E-state index contributed by atoms with van der Waals surface area (Å²) in [7, 11) is 0. The third kappa shape index (κ3) is 3.33. The first-order chi connectivity index (χ1) is 13.5. The topological polar surface area (TPSA) is 113 Å². The zero-order chi connectivity index (χ0) is 19.7. The Hall–Kier alpha value is -3.65. The summed E-state index contributed by atoms with van der Waals surface area (Å²) in [5, 5.41) is 10.7. The van der Waals surface area contributed by atoms with E-state index in [1.807, 2.05) is 0 Å². The minimum absolute atomic E-state index is 0.0466. The van der Waals surface area contributed by atoms with Crippen molar-refractivity contribution in [3.63, 3.8) is 0 Å². The lowest BCUT2D eigenvalue weighted by Crippen LogP contribution is -2.39. The monoisotopic (exact) mass is 395 g/mol. The number of halogens is 1. The molecule has 0 aliphatic carbocycles. The lowest BCUT2D eigenvalue weighted by Gasteiger charge is -2.09. The van der Waals surface area contributed by atoms with Crippen LogP contribution in [0.5, 0.6) is 0 Å². The molecular formula is C19H14ClN5O3. The molecule has 2 aromatic heterocycles. The number of carbonyl (C=O) groups excluding carboxylic acids is 1. The van der Waals surface area contributed by atoms with Gasteiger partial charge in [-0.05, 0) is 29.8 Å². The fourth-order valence-electron chi connectivity index (χ4n) is 2.83. The molecule has 0 radical (unpaired) electrons. The van der Waals surface area contributed by atoms with Gasteiger partial charge in [0.05, 0.1) is 18.3 Å². The van der Waals surface area contributed by atoms with Crippen molar-refractivity contribution in [3.05, 3.63) is 91.8 Å². The molecule has 0 unspecified atom stereocenters. The van der Waals surface area contributed by atoms with Crippen LogP contribution in [0.25, 0.3) is 10.9 Å². The first kappa shape index (κ1) is 17.7. The van der Waals surface area contributed by atoms with E-state index in [9.17, 15) is 14.4 Å². The quantitative estimate of drug-likeness (QED) is 0.492. The van der Waals surface area contributed by atoms with Crippen LogP contribution in [0.4, 0.5) is 5.69 Å². The van der Waals surface area contributed by atoms with Crippen molar-refractivity contribution < 1.29 is 4.79 Å². The maximum Gasteiger partial charge on any atom is 0.328 e. The number of rotatable bonds is 4. The molecule has 4 aromatic rings. The van der Waals surface area contributed by atoms with E-state index in [1.54, 1.807) is 48.7 Å². The van der Waals surface area contributed by atoms with Gasteiger partial charge in [0.1, 0.15) is 5.56 Å². The number of benzene rings is 2. The van der Waals surface area contributed by atoms with E-state index in [4.69, 9.17) is 11.6 Å². The lowest BCUT2D eigenvalue weighted by molar-refractivity contribution is 0.102. The van der Waals surface area contributed by atoms with Crippen LogP contribution in [0.15, 0.2) is 64.4 Å². The summed E-state index contributed by atoms with van der Waals surface area (Å²) < 4.78 is 0.939. The molecule has 8 nitrogen and oxygen atoms in total. The minimum Gasteiger partial charge on any atom is -0.322 e. The van der Waals surface area contributed by atoms with Gasteiger partial charge in [-0.2, -0.15) is 5.10 Å². The summed E-state index contributed by atoms with van der Waals surface area (Å²) in [6.07, 6.45) is 2.77. The number of nitrogens with zero attached hydrogens (tertiary/aromatic N) is 2. The summed E-state index contributed by atoms with van der Waals surface area (Å²) in [4.78, 5) is 39.9. The van der Waals surface area contributed by atoms with Crippen LogP contribution in [0.3, 0.4) is 0 Å². The number of aromatic nitrogens is 4. The molecule has 1 amide bonds. The third-order valence-electron chi connectivity index (χ3n) is 4.29. The molecular weight excluding hydrogens is 382 g/mol. The predicted molar refractivity (Wildman–Crippen MR) is 106 cm³/mol. The molecule has 0 saturated carbocycles. The average molecular weight is 396 g/mol. The fraction of sp³-hybridized carbons (Fsp3) is 0.0526. The molecule has 9 heteroatoms. The summed E-state index contributed by atoms with van der Waals surface area (Å²) in [6.45, 7) is -0.0466. The third-order valence-corrected chi connectivity index (χ3v) is 4.66. The van der Waals surface area contributed by atoms with Crippen molar-refractivity contribution >= 4 is 34.1 Å². The zero-order valence-corrected chi connectivity index (χ0v) is 15.2. The maximum absolute atomic E-state index is 12.7. The molecule has 0 fully saturated rings. The van der Waals surface area contributed by atoms with Crippen LogP contribution < -0.4 is 16.6 Å². The smallest absolute Gasteiger partial charge is 0.322 e. The summed E-state index contributed by atoms with van der Waals surface area (Å²) in [6, 6.07) is 12.1. The van der Waals surface area contributed by atoms with Crippen LogP contribution in [-0.4, -0.2) is 25.7 Å². The van der Waals surface area contributed by atoms with Gasteiger partial charge in [-0.25, -0.2) is 4.79 Å². The van der Waals surface area contributed by atoms with Crippen LogP contribution in [0.2, 0.25) is 5.02 Å². The number of amides is 1. The molecule has 4 rings (SSSR count). The molecule has 0 saturated heterocycles. The average Bonchev–Trinajstić information content (AvgIpc) is 3.14. The second kappa shape index (κ2) is 7.16. The van der Waals surface area contributed by atoms with E-state index < -0.39 is 17.2 Å². The van der Waals surface area contributed by atoms with E-state index in [1.165, 1.54) is 0 Å². The Morgan fingerprint density at radius 3 is 2.82 bits per heavy atom. The normalized spacial score (nSPS) is 10.9. The van der Waals surface area contributed by atoms with E-state index in [-0.39, 0.29) is 12.1 Å². The van der Waals surface area contributed by atoms with Gasteiger partial charge in [0, 0.05) is 22.3 Å². The van der Waals surface area contributed by atoms with Crippen LogP contribution in [0, 0.1) is 0 Å². The second-order valence-corrected chi connectivity index (χ2v) is 6.52. The number of anilines is 1. The van der Waals surface area contributed by atoms with Gasteiger partial charge >= 0.3 is 5.69 Å². The molecule has 28 heavy (non-hydrogen) atoms. The highest BCUT2D eigenvalue weighted by Crippen LogP contribution is 2.17. The zero-order valence-electron chi connectivity index (χ0n) is 14.4. The van der Waals surface area contributed by atoms with Crippen molar-refractivity contribution in [1.29, 1.82) is 0 Å². The van der Waals surface area contributed by atoms with E-state index in [0.29, 0.717) is 16.3 Å². The van der Waals surface area contributed by atoms with Gasteiger partial charge in [-0.15, -0.1) is 0 Å². The number of fused-ring (bicyclic) bond motifs is 1. The largest absolute Gasteiger partial charge is 0.328 e. The molecule has 140 valence electrons. The fourth-order valence-corrected chi connectivity index (χ4v) is 3.02. The van der Waals surface area contributed by atoms with Crippen LogP contribution >= 0.6 is 11.6 Å². The highest BCUT2D eigenvalue weighted by Gasteiger charge is 2.16. The first-order valence-corrected chi connectivity index (χ1v) is 8.71. The Bertz CT molecular complexity index is 1300. The molecule has 2 heterocycles. The van der Waals surface area contributed by atoms with Crippen LogP contribution in [-0.2, 0) is 6.54 Å². The highest BCUT2D eigenvalue weighted by molar-refractivity contribution is 6.31. The standard InChI is InChI=1S/C19H14ClN5O3/c20-15-4-2-1-3-12(15)10-25-18(27)14(9-21-19(25)28)17(26)23-13-6-5-11-8-22-24-16(11)7-13/h1-9H,10H2,(H,21,28)(H,22,24)(H,23,26). The number of nitrogens with one attached hydrogen (secondary N) is 3. The lowest BCUT2D eigenvalue weighted by atomic mass is 10.2. The molecule has 0 atom stereocenters. The maximum atomic E-state index is 12.7. The Morgan fingerprint density at radius 1 is 1.18 bits per heavy atom. The number of hydrogen-bond donors (Lipinski definition) is 3. The van der Waals surface area contributed by atoms with Gasteiger partial charge in [0.2, 0.25) is 0 Å². The Labute approximate surface area is 162 Å². The number of aromatic amines is 2. The highest BCUT2D eigenvalue weighted by atomic mass is 35.5. The first-order valence-electron chi connectivity index (χ1n) is 8.33. The molecule has 0 aliphatic rings. The summed E-state index contributed by atoms with van der Waals surface area (Å²) in [5.74, 6) is -0.631. The van der Waals surface area contributed by atoms with E-state index in [0.717, 1.165) is 21.7 Å². The second-order valence-electron chi connectivity index (χ2n) is 6.12. The number of H-pyrrole nitrogens is 2. The van der Waals surface area contributed by atoms with Crippen molar-refractivity contribution in [2.45, 2.75) is 6.54 Å². The molecule has 0 aliphatic heterocycles. The number of carbonyl (C=O) groups is 1. The van der Waals surface area contributed by atoms with Crippen molar-refractivity contribution in [2.24, 2.45) is 0 Å². The molecule has 3 N–H and O–H groups in total. The van der Waals surface area contributed by atoms with Gasteiger partial charge in [0.15, 0.2) is 0 Å². The minimum atomic E-state index is -0.705. The molecule has 0 spiro atoms. The van der Waals surface area contributed by atoms with Crippen molar-refractivity contribution in [3.8, 4) is 0 Å². The van der Waals surface area contributed by atoms with Crippen molar-refractivity contribution in [2.75, 3.05) is 5.32 Å². The Morgan fingerprint density at radius 2 is 2.00 bits per heavy atom. The van der Waals surface area contributed by atoms with Gasteiger partial charge < -0.3 is 10.3 Å². The molecule has 2 aromatic carbocycles. The summed E-state index contributed by atoms with van der Waals surface area (Å²) in [5.41, 5.74) is 0.319. The van der Waals surface area contributed by atoms with Gasteiger partial charge in [-0.3, -0.25) is 19.3 Å². The van der Waals surface area contributed by atoms with Crippen molar-refractivity contribution in [1.82, 2.24) is 19.7 Å². The Balaban J connectivity index is 1.66.